The number of hydrogen-bond donors (Lipinski definition) is 1. The topological polar surface area (TPSA) is 79.3 Å². The first-order chi connectivity index (χ1) is 11.9. The predicted molar refractivity (Wildman–Crippen MR) is 102 cm³/mol. The third-order valence-electron chi connectivity index (χ3n) is 4.72. The highest BCUT2D eigenvalue weighted by Gasteiger charge is 2.40. The quantitative estimate of drug-likeness (QED) is 0.713. The lowest BCUT2D eigenvalue weighted by Gasteiger charge is -2.38. The fourth-order valence-corrected chi connectivity index (χ4v) is 5.00. The van der Waals surface area contributed by atoms with Crippen molar-refractivity contribution in [1.82, 2.24) is 4.90 Å². The van der Waals surface area contributed by atoms with Gasteiger partial charge in [-0.3, -0.25) is 4.79 Å². The van der Waals surface area contributed by atoms with Crippen LogP contribution < -0.4 is 10.5 Å². The summed E-state index contributed by atoms with van der Waals surface area (Å²) in [6.45, 7) is 0. The lowest BCUT2D eigenvalue weighted by atomic mass is 9.75. The van der Waals surface area contributed by atoms with E-state index in [-0.39, 0.29) is 5.78 Å². The van der Waals surface area contributed by atoms with Gasteiger partial charge in [-0.05, 0) is 40.9 Å². The average molecular weight is 467 g/mol. The molecule has 3 rings (SSSR count). The Morgan fingerprint density at radius 2 is 2.08 bits per heavy atom. The van der Waals surface area contributed by atoms with E-state index in [9.17, 15) is 10.1 Å². The van der Waals surface area contributed by atoms with Gasteiger partial charge in [0.2, 0.25) is 0 Å². The van der Waals surface area contributed by atoms with Gasteiger partial charge in [0.25, 0.3) is 0 Å². The fraction of sp³-hybridized carbons (Fsp3) is 0.333. The Bertz CT molecular complexity index is 868. The van der Waals surface area contributed by atoms with Crippen molar-refractivity contribution >= 4 is 37.6 Å². The molecule has 0 unspecified atom stereocenters. The Kier molecular flexibility index (Phi) is 4.94. The Balaban J connectivity index is 2.34. The Labute approximate surface area is 163 Å². The van der Waals surface area contributed by atoms with Gasteiger partial charge in [-0.25, -0.2) is 0 Å². The van der Waals surface area contributed by atoms with E-state index in [1.54, 1.807) is 12.0 Å². The number of benzene rings is 1. The smallest absolute Gasteiger partial charge is 0.161 e. The first kappa shape index (κ1) is 18.0. The second-order valence-corrected chi connectivity index (χ2v) is 7.82. The second kappa shape index (κ2) is 6.85. The van der Waals surface area contributed by atoms with Crippen molar-refractivity contribution in [2.45, 2.75) is 25.2 Å². The van der Waals surface area contributed by atoms with Crippen molar-refractivity contribution in [2.24, 2.45) is 5.73 Å². The number of allylic oxidation sites excluding steroid dienone is 3. The molecule has 1 atom stereocenters. The van der Waals surface area contributed by atoms with Gasteiger partial charge in [-0.15, -0.1) is 0 Å². The van der Waals surface area contributed by atoms with E-state index in [1.807, 2.05) is 19.2 Å². The maximum atomic E-state index is 12.8. The molecule has 2 N–H and O–H groups in total. The molecule has 7 heteroatoms. The van der Waals surface area contributed by atoms with Crippen LogP contribution >= 0.6 is 31.9 Å². The number of nitrogens with zero attached hydrogens (tertiary/aromatic N) is 2. The maximum Gasteiger partial charge on any atom is 0.161 e. The third-order valence-corrected chi connectivity index (χ3v) is 5.77. The van der Waals surface area contributed by atoms with Gasteiger partial charge in [0.15, 0.2) is 5.78 Å². The lowest BCUT2D eigenvalue weighted by molar-refractivity contribution is -0.116. The summed E-state index contributed by atoms with van der Waals surface area (Å²) in [5.74, 6) is 0.534. The highest BCUT2D eigenvalue weighted by Crippen LogP contribution is 2.48. The van der Waals surface area contributed by atoms with Gasteiger partial charge in [0, 0.05) is 34.8 Å². The number of nitriles is 1. The zero-order chi connectivity index (χ0) is 18.3. The molecule has 0 saturated carbocycles. The summed E-state index contributed by atoms with van der Waals surface area (Å²) in [5, 5.41) is 9.78. The lowest BCUT2D eigenvalue weighted by Crippen LogP contribution is -2.36. The van der Waals surface area contributed by atoms with Crippen LogP contribution in [0.5, 0.6) is 5.75 Å². The number of rotatable bonds is 2. The monoisotopic (exact) mass is 465 g/mol. The number of halogens is 2. The number of ketones is 1. The molecular weight excluding hydrogens is 450 g/mol. The van der Waals surface area contributed by atoms with E-state index in [0.29, 0.717) is 29.1 Å². The summed E-state index contributed by atoms with van der Waals surface area (Å²) < 4.78 is 7.14. The first-order valence-corrected chi connectivity index (χ1v) is 9.41. The van der Waals surface area contributed by atoms with Crippen molar-refractivity contribution in [3.63, 3.8) is 0 Å². The summed E-state index contributed by atoms with van der Waals surface area (Å²) >= 11 is 6.99. The van der Waals surface area contributed by atoms with E-state index in [2.05, 4.69) is 37.9 Å². The molecule has 0 aromatic heterocycles. The van der Waals surface area contributed by atoms with Gasteiger partial charge in [-0.1, -0.05) is 15.9 Å². The summed E-state index contributed by atoms with van der Waals surface area (Å²) in [7, 11) is 3.38. The number of carbonyl (C=O) groups excluding carboxylic acids is 1. The van der Waals surface area contributed by atoms with Gasteiger partial charge < -0.3 is 15.4 Å². The van der Waals surface area contributed by atoms with E-state index < -0.39 is 5.92 Å². The number of carbonyl (C=O) groups is 1. The standard InChI is InChI=1S/C18H17Br2N3O2/c1-23-13-4-3-5-14(24)16(13)15(11(8-21)18(23)22)10-6-9(19)7-12(20)17(10)25-2/h6-7,15H,3-5,22H2,1-2H3/t15-/m1/s1. The van der Waals surface area contributed by atoms with E-state index in [4.69, 9.17) is 10.5 Å². The molecule has 0 spiro atoms. The number of methoxy groups -OCH3 is 1. The summed E-state index contributed by atoms with van der Waals surface area (Å²) in [5.41, 5.74) is 8.93. The molecule has 0 radical (unpaired) electrons. The van der Waals surface area contributed by atoms with Gasteiger partial charge in [-0.2, -0.15) is 5.26 Å². The molecule has 0 fully saturated rings. The molecule has 0 saturated heterocycles. The molecule has 1 heterocycles. The number of Topliss-reactive ketones (excluding diaryl/α,β-unsaturated/α-hetero) is 1. The van der Waals surface area contributed by atoms with Crippen molar-refractivity contribution in [3.8, 4) is 11.8 Å². The molecule has 130 valence electrons. The highest BCUT2D eigenvalue weighted by molar-refractivity contribution is 9.11. The Morgan fingerprint density at radius 3 is 2.72 bits per heavy atom. The average Bonchev–Trinajstić information content (AvgIpc) is 2.57. The zero-order valence-electron chi connectivity index (χ0n) is 13.9. The van der Waals surface area contributed by atoms with Crippen molar-refractivity contribution in [3.05, 3.63) is 49.3 Å². The molecule has 1 aliphatic heterocycles. The number of hydrogen-bond acceptors (Lipinski definition) is 5. The normalized spacial score (nSPS) is 20.5. The second-order valence-electron chi connectivity index (χ2n) is 6.05. The third kappa shape index (κ3) is 2.87. The Morgan fingerprint density at radius 1 is 1.36 bits per heavy atom. The van der Waals surface area contributed by atoms with Gasteiger partial charge in [0.05, 0.1) is 29.1 Å². The number of nitrogens with two attached hydrogens (primary N) is 1. The van der Waals surface area contributed by atoms with Gasteiger partial charge in [0.1, 0.15) is 11.6 Å². The van der Waals surface area contributed by atoms with Crippen molar-refractivity contribution in [1.29, 1.82) is 5.26 Å². The molecular formula is C18H17Br2N3O2. The number of ether oxygens (including phenoxy) is 1. The zero-order valence-corrected chi connectivity index (χ0v) is 17.1. The Hall–Kier alpha value is -1.78. The predicted octanol–water partition coefficient (Wildman–Crippen LogP) is 3.95. The minimum atomic E-state index is -0.521. The van der Waals surface area contributed by atoms with E-state index in [1.165, 1.54) is 0 Å². The summed E-state index contributed by atoms with van der Waals surface area (Å²) in [6.07, 6.45) is 2.05. The molecule has 1 aromatic rings. The van der Waals surface area contributed by atoms with Crippen LogP contribution in [0.25, 0.3) is 0 Å². The van der Waals surface area contributed by atoms with E-state index >= 15 is 0 Å². The molecule has 0 amide bonds. The summed E-state index contributed by atoms with van der Waals surface area (Å²) in [4.78, 5) is 14.6. The minimum absolute atomic E-state index is 0.0662. The molecule has 1 aromatic carbocycles. The summed E-state index contributed by atoms with van der Waals surface area (Å²) in [6, 6.07) is 5.97. The largest absolute Gasteiger partial charge is 0.495 e. The van der Waals surface area contributed by atoms with Crippen LogP contribution in [-0.2, 0) is 4.79 Å². The van der Waals surface area contributed by atoms with Crippen LogP contribution in [0, 0.1) is 11.3 Å². The molecule has 0 bridgehead atoms. The van der Waals surface area contributed by atoms with Crippen LogP contribution in [0.4, 0.5) is 0 Å². The highest BCUT2D eigenvalue weighted by atomic mass is 79.9. The van der Waals surface area contributed by atoms with E-state index in [0.717, 1.165) is 33.0 Å². The first-order valence-electron chi connectivity index (χ1n) is 7.83. The van der Waals surface area contributed by atoms with Crippen molar-refractivity contribution in [2.75, 3.05) is 14.2 Å². The van der Waals surface area contributed by atoms with Crippen LogP contribution in [-0.4, -0.2) is 24.8 Å². The fourth-order valence-electron chi connectivity index (χ4n) is 3.58. The van der Waals surface area contributed by atoms with Gasteiger partial charge >= 0.3 is 0 Å². The van der Waals surface area contributed by atoms with Crippen LogP contribution in [0.15, 0.2) is 43.7 Å². The SMILES string of the molecule is COc1c(Br)cc(Br)cc1[C@@H]1C(C#N)=C(N)N(C)C2=C1C(=O)CCC2. The minimum Gasteiger partial charge on any atom is -0.495 e. The van der Waals surface area contributed by atoms with Crippen LogP contribution in [0.1, 0.15) is 30.7 Å². The molecule has 2 aliphatic rings. The maximum absolute atomic E-state index is 12.8. The molecule has 25 heavy (non-hydrogen) atoms. The molecule has 5 nitrogen and oxygen atoms in total. The van der Waals surface area contributed by atoms with Crippen LogP contribution in [0.3, 0.4) is 0 Å². The van der Waals surface area contributed by atoms with Crippen LogP contribution in [0.2, 0.25) is 0 Å². The molecule has 1 aliphatic carbocycles. The van der Waals surface area contributed by atoms with Crippen molar-refractivity contribution < 1.29 is 9.53 Å².